The first-order valence-corrected chi connectivity index (χ1v) is 11.8. The molecule has 0 N–H and O–H groups in total. The summed E-state index contributed by atoms with van der Waals surface area (Å²) in [4.78, 5) is 6.80. The summed E-state index contributed by atoms with van der Waals surface area (Å²) < 4.78 is 13.4. The van der Waals surface area contributed by atoms with E-state index in [4.69, 9.17) is 5.10 Å². The maximum absolute atomic E-state index is 13.4. The van der Waals surface area contributed by atoms with Gasteiger partial charge in [0.2, 0.25) is 0 Å². The fourth-order valence-corrected chi connectivity index (χ4v) is 4.81. The van der Waals surface area contributed by atoms with Crippen molar-refractivity contribution in [2.45, 2.75) is 32.4 Å². The summed E-state index contributed by atoms with van der Waals surface area (Å²) in [5, 5.41) is 11.6. The molecular weight excluding hydrogens is 425 g/mol. The van der Waals surface area contributed by atoms with Crippen molar-refractivity contribution in [3.63, 3.8) is 0 Å². The molecule has 0 bridgehead atoms. The number of fused-ring (bicyclic) bond motifs is 1. The minimum Gasteiger partial charge on any atom is -0.376 e. The SMILES string of the molecule is C=C/C=C(/c1nnc(N(C)C2CCN(Cc3ccc(F)cc3C)CC2)c2ccccc12)N(C)C. The summed E-state index contributed by atoms with van der Waals surface area (Å²) in [7, 11) is 6.15. The number of nitrogens with zero attached hydrogens (tertiary/aromatic N) is 5. The van der Waals surface area contributed by atoms with Gasteiger partial charge in [0.1, 0.15) is 11.5 Å². The average Bonchev–Trinajstić information content (AvgIpc) is 2.83. The van der Waals surface area contributed by atoms with Crippen LogP contribution in [0.2, 0.25) is 0 Å². The van der Waals surface area contributed by atoms with Crippen molar-refractivity contribution in [1.29, 1.82) is 0 Å². The van der Waals surface area contributed by atoms with Gasteiger partial charge in [-0.15, -0.1) is 10.2 Å². The van der Waals surface area contributed by atoms with Crippen LogP contribution in [0.15, 0.2) is 61.2 Å². The topological polar surface area (TPSA) is 35.5 Å². The third kappa shape index (κ3) is 4.97. The maximum atomic E-state index is 13.4. The highest BCUT2D eigenvalue weighted by Crippen LogP contribution is 2.32. The fourth-order valence-electron chi connectivity index (χ4n) is 4.81. The molecule has 178 valence electrons. The number of piperidine rings is 1. The average molecular weight is 460 g/mol. The molecule has 1 fully saturated rings. The predicted molar refractivity (Wildman–Crippen MR) is 139 cm³/mol. The number of hydrogen-bond acceptors (Lipinski definition) is 5. The highest BCUT2D eigenvalue weighted by Gasteiger charge is 2.26. The van der Waals surface area contributed by atoms with Crippen LogP contribution in [0.3, 0.4) is 0 Å². The Labute approximate surface area is 202 Å². The summed E-state index contributed by atoms with van der Waals surface area (Å²) in [5.74, 6) is 0.752. The van der Waals surface area contributed by atoms with Gasteiger partial charge in [-0.1, -0.05) is 43.0 Å². The molecular formula is C28H34FN5. The van der Waals surface area contributed by atoms with Crippen molar-refractivity contribution in [3.05, 3.63) is 83.8 Å². The van der Waals surface area contributed by atoms with Gasteiger partial charge in [-0.2, -0.15) is 0 Å². The molecule has 0 aliphatic carbocycles. The number of benzene rings is 2. The van der Waals surface area contributed by atoms with Crippen LogP contribution in [0.4, 0.5) is 10.2 Å². The summed E-state index contributed by atoms with van der Waals surface area (Å²) in [6.45, 7) is 8.71. The van der Waals surface area contributed by atoms with E-state index in [1.54, 1.807) is 18.2 Å². The van der Waals surface area contributed by atoms with E-state index in [0.717, 1.165) is 66.0 Å². The normalized spacial score (nSPS) is 15.5. The fraction of sp³-hybridized carbons (Fsp3) is 0.357. The molecule has 1 aliphatic heterocycles. The van der Waals surface area contributed by atoms with Crippen molar-refractivity contribution in [3.8, 4) is 0 Å². The Morgan fingerprint density at radius 2 is 1.79 bits per heavy atom. The summed E-state index contributed by atoms with van der Waals surface area (Å²) in [6.07, 6.45) is 5.85. The summed E-state index contributed by atoms with van der Waals surface area (Å²) in [5.41, 5.74) is 4.06. The van der Waals surface area contributed by atoms with Gasteiger partial charge in [-0.05, 0) is 49.1 Å². The lowest BCUT2D eigenvalue weighted by Gasteiger charge is -2.37. The summed E-state index contributed by atoms with van der Waals surface area (Å²) >= 11 is 0. The molecule has 0 radical (unpaired) electrons. The molecule has 5 nitrogen and oxygen atoms in total. The Kier molecular flexibility index (Phi) is 7.27. The van der Waals surface area contributed by atoms with E-state index in [1.807, 2.05) is 38.1 Å². The van der Waals surface area contributed by atoms with Crippen molar-refractivity contribution in [2.75, 3.05) is 39.1 Å². The van der Waals surface area contributed by atoms with Gasteiger partial charge in [0.25, 0.3) is 0 Å². The molecule has 0 saturated carbocycles. The van der Waals surface area contributed by atoms with Crippen LogP contribution in [0.25, 0.3) is 16.5 Å². The zero-order valence-electron chi connectivity index (χ0n) is 20.6. The van der Waals surface area contributed by atoms with E-state index >= 15 is 0 Å². The lowest BCUT2D eigenvalue weighted by atomic mass is 10.0. The molecule has 6 heteroatoms. The molecule has 0 unspecified atom stereocenters. The second-order valence-electron chi connectivity index (χ2n) is 9.29. The van der Waals surface area contributed by atoms with E-state index in [1.165, 1.54) is 5.56 Å². The van der Waals surface area contributed by atoms with Crippen molar-refractivity contribution in [1.82, 2.24) is 20.0 Å². The van der Waals surface area contributed by atoms with Gasteiger partial charge in [0, 0.05) is 57.6 Å². The molecule has 4 rings (SSSR count). The number of hydrogen-bond donors (Lipinski definition) is 0. The number of rotatable bonds is 7. The first-order chi connectivity index (χ1) is 16.4. The molecule has 2 heterocycles. The van der Waals surface area contributed by atoms with E-state index in [0.29, 0.717) is 6.04 Å². The zero-order chi connectivity index (χ0) is 24.2. The Bertz CT molecular complexity index is 1190. The molecule has 34 heavy (non-hydrogen) atoms. The van der Waals surface area contributed by atoms with Gasteiger partial charge in [0.05, 0.1) is 5.70 Å². The van der Waals surface area contributed by atoms with Crippen LogP contribution in [0.5, 0.6) is 0 Å². The third-order valence-electron chi connectivity index (χ3n) is 6.81. The first-order valence-electron chi connectivity index (χ1n) is 11.8. The van der Waals surface area contributed by atoms with E-state index in [2.05, 4.69) is 52.8 Å². The van der Waals surface area contributed by atoms with Crippen molar-refractivity contribution >= 4 is 22.3 Å². The smallest absolute Gasteiger partial charge is 0.159 e. The van der Waals surface area contributed by atoms with Gasteiger partial charge in [0.15, 0.2) is 5.82 Å². The molecule has 0 spiro atoms. The van der Waals surface area contributed by atoms with E-state index in [-0.39, 0.29) is 5.82 Å². The minimum absolute atomic E-state index is 0.168. The van der Waals surface area contributed by atoms with Gasteiger partial charge in [-0.3, -0.25) is 4.90 Å². The van der Waals surface area contributed by atoms with Crippen LogP contribution >= 0.6 is 0 Å². The Hall–Kier alpha value is -3.25. The number of likely N-dealkylation sites (tertiary alicyclic amines) is 1. The molecule has 0 atom stereocenters. The number of aryl methyl sites for hydroxylation is 1. The Balaban J connectivity index is 1.52. The lowest BCUT2D eigenvalue weighted by molar-refractivity contribution is 0.203. The van der Waals surface area contributed by atoms with Crippen molar-refractivity contribution < 1.29 is 4.39 Å². The van der Waals surface area contributed by atoms with Gasteiger partial charge in [-0.25, -0.2) is 4.39 Å². The second-order valence-corrected chi connectivity index (χ2v) is 9.29. The molecule has 3 aromatic rings. The second kappa shape index (κ2) is 10.3. The standard InChI is InChI=1S/C28H34FN5/c1-6-9-26(32(3)4)27-24-10-7-8-11-25(24)28(31-30-27)33(5)23-14-16-34(17-15-23)19-21-12-13-22(29)18-20(21)2/h6-13,18,23H,1,14-17,19H2,2-5H3/b26-9-. The van der Waals surface area contributed by atoms with Crippen LogP contribution in [-0.2, 0) is 6.54 Å². The van der Waals surface area contributed by atoms with Gasteiger partial charge >= 0.3 is 0 Å². The molecule has 1 aliphatic rings. The van der Waals surface area contributed by atoms with Crippen LogP contribution in [-0.4, -0.2) is 60.3 Å². The van der Waals surface area contributed by atoms with Crippen LogP contribution in [0, 0.1) is 12.7 Å². The largest absolute Gasteiger partial charge is 0.376 e. The quantitative estimate of drug-likeness (QED) is 0.450. The Morgan fingerprint density at radius 3 is 2.44 bits per heavy atom. The number of aromatic nitrogens is 2. The monoisotopic (exact) mass is 459 g/mol. The zero-order valence-corrected chi connectivity index (χ0v) is 20.6. The predicted octanol–water partition coefficient (Wildman–Crippen LogP) is 5.27. The minimum atomic E-state index is -0.168. The molecule has 1 aromatic heterocycles. The van der Waals surface area contributed by atoms with Crippen LogP contribution < -0.4 is 4.90 Å². The van der Waals surface area contributed by atoms with E-state index in [9.17, 15) is 4.39 Å². The van der Waals surface area contributed by atoms with Gasteiger partial charge < -0.3 is 9.80 Å². The maximum Gasteiger partial charge on any atom is 0.159 e. The number of halogens is 1. The Morgan fingerprint density at radius 1 is 1.09 bits per heavy atom. The molecule has 2 aromatic carbocycles. The summed E-state index contributed by atoms with van der Waals surface area (Å²) in [6, 6.07) is 13.8. The highest BCUT2D eigenvalue weighted by molar-refractivity contribution is 5.98. The van der Waals surface area contributed by atoms with Crippen molar-refractivity contribution in [2.24, 2.45) is 0 Å². The number of allylic oxidation sites excluding steroid dienone is 2. The van der Waals surface area contributed by atoms with E-state index < -0.39 is 0 Å². The lowest BCUT2D eigenvalue weighted by Crippen LogP contribution is -2.43. The highest BCUT2D eigenvalue weighted by atomic mass is 19.1. The third-order valence-corrected chi connectivity index (χ3v) is 6.81. The molecule has 0 amide bonds. The first kappa shape index (κ1) is 23.9. The van der Waals surface area contributed by atoms with Crippen LogP contribution in [0.1, 0.15) is 29.7 Å². The number of anilines is 1. The molecule has 1 saturated heterocycles.